The molecule has 0 aliphatic heterocycles. The summed E-state index contributed by atoms with van der Waals surface area (Å²) in [5, 5.41) is 20.3. The zero-order chi connectivity index (χ0) is 25.5. The number of para-hydroxylation sites is 1. The molecule has 0 saturated carbocycles. The van der Waals surface area contributed by atoms with E-state index in [1.165, 1.54) is 15.8 Å². The molecule has 37 heavy (non-hydrogen) atoms. The van der Waals surface area contributed by atoms with E-state index in [0.29, 0.717) is 23.2 Å². The van der Waals surface area contributed by atoms with Gasteiger partial charge in [0, 0.05) is 10.3 Å². The summed E-state index contributed by atoms with van der Waals surface area (Å²) in [5.41, 5.74) is 2.89. The number of rotatable bonds is 5. The maximum Gasteiger partial charge on any atom is 0.284 e. The molecule has 1 amide bonds. The number of amides is 1. The van der Waals surface area contributed by atoms with Crippen LogP contribution in [0.15, 0.2) is 75.9 Å². The highest BCUT2D eigenvalue weighted by Crippen LogP contribution is 2.39. The Morgan fingerprint density at radius 2 is 1.95 bits per heavy atom. The van der Waals surface area contributed by atoms with Crippen molar-refractivity contribution in [1.82, 2.24) is 14.1 Å². The maximum atomic E-state index is 13.2. The van der Waals surface area contributed by atoms with Gasteiger partial charge in [0.25, 0.3) is 11.5 Å². The molecule has 186 valence electrons. The van der Waals surface area contributed by atoms with Crippen LogP contribution in [-0.2, 0) is 30.7 Å². The highest BCUT2D eigenvalue weighted by molar-refractivity contribution is 7.18. The number of benzene rings is 2. The van der Waals surface area contributed by atoms with Gasteiger partial charge in [-0.1, -0.05) is 55.5 Å². The van der Waals surface area contributed by atoms with Crippen molar-refractivity contribution in [2.75, 3.05) is 0 Å². The van der Waals surface area contributed by atoms with Crippen LogP contribution in [0.3, 0.4) is 0 Å². The van der Waals surface area contributed by atoms with Gasteiger partial charge in [-0.15, -0.1) is 21.6 Å². The van der Waals surface area contributed by atoms with Crippen molar-refractivity contribution in [1.29, 1.82) is 0 Å². The molecule has 1 aliphatic carbocycles. The van der Waals surface area contributed by atoms with Gasteiger partial charge < -0.3 is 9.67 Å². The molecule has 2 aromatic carbocycles. The minimum absolute atomic E-state index is 0.0685. The van der Waals surface area contributed by atoms with Crippen LogP contribution in [0.4, 0.5) is 5.69 Å². The molecule has 8 nitrogen and oxygen atoms in total. The Hall–Kier alpha value is -4.11. The van der Waals surface area contributed by atoms with E-state index in [9.17, 15) is 14.7 Å². The summed E-state index contributed by atoms with van der Waals surface area (Å²) in [6.07, 6.45) is 4.27. The van der Waals surface area contributed by atoms with E-state index < -0.39 is 5.91 Å². The lowest BCUT2D eigenvalue weighted by molar-refractivity contribution is -0.118. The summed E-state index contributed by atoms with van der Waals surface area (Å²) in [5.74, 6) is -0.0684. The molecule has 1 atom stereocenters. The highest BCUT2D eigenvalue weighted by Gasteiger charge is 2.23. The molecule has 0 spiro atoms. The number of fused-ring (bicyclic) bond motifs is 4. The number of azo groups is 1. The van der Waals surface area contributed by atoms with E-state index >= 15 is 0 Å². The van der Waals surface area contributed by atoms with Gasteiger partial charge in [-0.05, 0) is 42.4 Å². The van der Waals surface area contributed by atoms with E-state index in [-0.39, 0.29) is 23.7 Å². The summed E-state index contributed by atoms with van der Waals surface area (Å²) in [6, 6.07) is 17.2. The first kappa shape index (κ1) is 23.3. The lowest BCUT2D eigenvalue weighted by atomic mass is 9.89. The predicted octanol–water partition coefficient (Wildman–Crippen LogP) is 5.60. The number of carbonyl (C=O) groups excluding carboxylic acids is 1. The molecule has 9 heteroatoms. The summed E-state index contributed by atoms with van der Waals surface area (Å²) in [4.78, 5) is 32.4. The topological polar surface area (TPSA) is 102 Å². The van der Waals surface area contributed by atoms with Crippen molar-refractivity contribution >= 4 is 44.1 Å². The normalized spacial score (nSPS) is 15.5. The van der Waals surface area contributed by atoms with Gasteiger partial charge in [-0.25, -0.2) is 4.98 Å². The van der Waals surface area contributed by atoms with E-state index in [1.807, 2.05) is 54.6 Å². The fourth-order valence-corrected chi connectivity index (χ4v) is 6.40. The second-order valence-corrected chi connectivity index (χ2v) is 10.6. The monoisotopic (exact) mass is 511 g/mol. The Bertz CT molecular complexity index is 1730. The highest BCUT2D eigenvalue weighted by atomic mass is 32.1. The number of carbonyl (C=O) groups is 1. The summed E-state index contributed by atoms with van der Waals surface area (Å²) in [6.45, 7) is 2.40. The van der Waals surface area contributed by atoms with Crippen molar-refractivity contribution < 1.29 is 9.90 Å². The average molecular weight is 512 g/mol. The van der Waals surface area contributed by atoms with E-state index in [1.54, 1.807) is 15.9 Å². The number of thiophene rings is 1. The fraction of sp³-hybridized carbons (Fsp3) is 0.250. The van der Waals surface area contributed by atoms with Gasteiger partial charge in [-0.2, -0.15) is 0 Å². The number of aromatic hydroxyl groups is 1. The lowest BCUT2D eigenvalue weighted by Crippen LogP contribution is -2.24. The molecule has 0 unspecified atom stereocenters. The molecule has 3 aromatic heterocycles. The van der Waals surface area contributed by atoms with Gasteiger partial charge in [0.15, 0.2) is 5.69 Å². The van der Waals surface area contributed by atoms with Crippen molar-refractivity contribution in [2.45, 2.75) is 39.3 Å². The van der Waals surface area contributed by atoms with Crippen molar-refractivity contribution in [3.05, 3.63) is 87.3 Å². The smallest absolute Gasteiger partial charge is 0.284 e. The standard InChI is InChI=1S/C28H25N5O3S/c1-17-11-12-20-22(13-17)37-26-24(20)27(35)32(16-29-26)15-23(34)30-31-25-19-9-5-6-10-21(19)33(28(25)36)14-18-7-3-2-4-8-18/h2-10,16-17,36H,11-15H2,1H3/t17-/m1/s1. The van der Waals surface area contributed by atoms with Crippen molar-refractivity contribution in [3.63, 3.8) is 0 Å². The third kappa shape index (κ3) is 4.25. The maximum absolute atomic E-state index is 13.2. The summed E-state index contributed by atoms with van der Waals surface area (Å²) >= 11 is 1.58. The van der Waals surface area contributed by atoms with Crippen LogP contribution in [0, 0.1) is 5.92 Å². The fourth-order valence-electron chi connectivity index (χ4n) is 5.06. The van der Waals surface area contributed by atoms with Gasteiger partial charge in [0.1, 0.15) is 11.4 Å². The number of hydrogen-bond donors (Lipinski definition) is 1. The summed E-state index contributed by atoms with van der Waals surface area (Å²) in [7, 11) is 0. The van der Waals surface area contributed by atoms with E-state index in [0.717, 1.165) is 40.7 Å². The Labute approximate surface area is 216 Å². The second-order valence-electron chi connectivity index (χ2n) is 9.56. The van der Waals surface area contributed by atoms with Crippen LogP contribution >= 0.6 is 11.3 Å². The number of nitrogens with zero attached hydrogens (tertiary/aromatic N) is 5. The molecule has 0 radical (unpaired) electrons. The molecule has 0 fully saturated rings. The average Bonchev–Trinajstić information content (AvgIpc) is 3.40. The first-order chi connectivity index (χ1) is 18.0. The van der Waals surface area contributed by atoms with Crippen LogP contribution in [0.5, 0.6) is 5.88 Å². The van der Waals surface area contributed by atoms with Gasteiger partial charge >= 0.3 is 0 Å². The van der Waals surface area contributed by atoms with Crippen LogP contribution < -0.4 is 5.56 Å². The zero-order valence-corrected chi connectivity index (χ0v) is 21.1. The Kier molecular flexibility index (Phi) is 5.92. The second kappa shape index (κ2) is 9.40. The van der Waals surface area contributed by atoms with E-state index in [2.05, 4.69) is 22.1 Å². The van der Waals surface area contributed by atoms with Crippen LogP contribution in [0.2, 0.25) is 0 Å². The summed E-state index contributed by atoms with van der Waals surface area (Å²) < 4.78 is 3.04. The SMILES string of the molecule is C[C@@H]1CCc2c(sc3ncn(CC(=O)N=Nc4c(O)n(Cc5ccccc5)c5ccccc45)c(=O)c23)C1. The van der Waals surface area contributed by atoms with Crippen LogP contribution in [0.1, 0.15) is 29.3 Å². The molecule has 3 heterocycles. The molecule has 0 bridgehead atoms. The third-order valence-corrected chi connectivity index (χ3v) is 8.11. The van der Waals surface area contributed by atoms with E-state index in [4.69, 9.17) is 0 Å². The number of hydrogen-bond acceptors (Lipinski definition) is 6. The Balaban J connectivity index is 1.29. The molecular weight excluding hydrogens is 486 g/mol. The van der Waals surface area contributed by atoms with Crippen LogP contribution in [-0.4, -0.2) is 25.1 Å². The molecule has 1 N–H and O–H groups in total. The predicted molar refractivity (Wildman–Crippen MR) is 144 cm³/mol. The molecule has 0 saturated heterocycles. The van der Waals surface area contributed by atoms with Gasteiger partial charge in [0.2, 0.25) is 5.88 Å². The Morgan fingerprint density at radius 3 is 2.78 bits per heavy atom. The molecule has 5 aromatic rings. The number of aryl methyl sites for hydroxylation is 1. The molecule has 6 rings (SSSR count). The van der Waals surface area contributed by atoms with Gasteiger partial charge in [-0.3, -0.25) is 14.2 Å². The third-order valence-electron chi connectivity index (χ3n) is 6.95. The van der Waals surface area contributed by atoms with Crippen molar-refractivity contribution in [2.24, 2.45) is 16.1 Å². The number of aromatic nitrogens is 3. The minimum Gasteiger partial charge on any atom is -0.493 e. The van der Waals surface area contributed by atoms with Gasteiger partial charge in [0.05, 0.1) is 23.8 Å². The Morgan fingerprint density at radius 1 is 1.16 bits per heavy atom. The van der Waals surface area contributed by atoms with Crippen molar-refractivity contribution in [3.8, 4) is 5.88 Å². The van der Waals surface area contributed by atoms with Crippen LogP contribution in [0.25, 0.3) is 21.1 Å². The molecular formula is C28H25N5O3S. The quantitative estimate of drug-likeness (QED) is 0.310. The minimum atomic E-state index is -0.597. The molecule has 1 aliphatic rings. The first-order valence-corrected chi connectivity index (χ1v) is 13.1. The first-order valence-electron chi connectivity index (χ1n) is 12.3. The lowest BCUT2D eigenvalue weighted by Gasteiger charge is -2.17. The zero-order valence-electron chi connectivity index (χ0n) is 20.3. The largest absolute Gasteiger partial charge is 0.493 e.